The van der Waals surface area contributed by atoms with Crippen LogP contribution in [0.3, 0.4) is 0 Å². The van der Waals surface area contributed by atoms with Crippen molar-refractivity contribution in [3.63, 3.8) is 0 Å². The first-order chi connectivity index (χ1) is 9.71. The third-order valence-corrected chi connectivity index (χ3v) is 3.66. The van der Waals surface area contributed by atoms with Crippen molar-refractivity contribution in [2.75, 3.05) is 12.4 Å². The summed E-state index contributed by atoms with van der Waals surface area (Å²) >= 11 is 0. The van der Waals surface area contributed by atoms with E-state index < -0.39 is 5.66 Å². The van der Waals surface area contributed by atoms with E-state index in [1.165, 1.54) is 16.8 Å². The van der Waals surface area contributed by atoms with Gasteiger partial charge in [0.05, 0.1) is 0 Å². The molecule has 2 aromatic rings. The quantitative estimate of drug-likeness (QED) is 0.823. The van der Waals surface area contributed by atoms with E-state index in [4.69, 9.17) is 0 Å². The highest BCUT2D eigenvalue weighted by Crippen LogP contribution is 2.26. The number of fused-ring (bicyclic) bond motifs is 1. The lowest BCUT2D eigenvalue weighted by Crippen LogP contribution is -2.49. The van der Waals surface area contributed by atoms with E-state index in [0.29, 0.717) is 6.42 Å². The first-order valence-electron chi connectivity index (χ1n) is 6.72. The monoisotopic (exact) mass is 268 g/mol. The number of nitrogens with one attached hydrogen (secondary N) is 2. The first-order valence-corrected chi connectivity index (χ1v) is 6.72. The Morgan fingerprint density at radius 3 is 2.65 bits per heavy atom. The van der Waals surface area contributed by atoms with Crippen molar-refractivity contribution in [1.82, 2.24) is 5.32 Å². The molecule has 102 valence electrons. The fraction of sp³-hybridized carbons (Fsp3) is 0.176. The lowest BCUT2D eigenvalue weighted by molar-refractivity contribution is 0.476. The first kappa shape index (κ1) is 12.9. The fourth-order valence-electron chi connectivity index (χ4n) is 2.55. The van der Waals surface area contributed by atoms with Gasteiger partial charge in [-0.15, -0.1) is 0 Å². The number of likely N-dealkylation sites (N-methyl/N-ethyl adjacent to an activating group) is 1. The van der Waals surface area contributed by atoms with Gasteiger partial charge in [-0.05, 0) is 42.1 Å². The number of benzene rings is 2. The molecule has 0 saturated heterocycles. The molecule has 1 unspecified atom stereocenters. The molecule has 0 heterocycles. The summed E-state index contributed by atoms with van der Waals surface area (Å²) in [6.07, 6.45) is 5.61. The second-order valence-electron chi connectivity index (χ2n) is 5.04. The second-order valence-corrected chi connectivity index (χ2v) is 5.04. The SMILES string of the molecule is CNC1(Nc2ccc3ccccc3c2)C=C(F)C=CC1. The van der Waals surface area contributed by atoms with Gasteiger partial charge in [0.2, 0.25) is 0 Å². The van der Waals surface area contributed by atoms with E-state index in [0.717, 1.165) is 5.69 Å². The van der Waals surface area contributed by atoms with Crippen LogP contribution in [0.1, 0.15) is 6.42 Å². The molecule has 0 saturated carbocycles. The van der Waals surface area contributed by atoms with E-state index in [-0.39, 0.29) is 5.83 Å². The van der Waals surface area contributed by atoms with Crippen LogP contribution in [-0.2, 0) is 0 Å². The Bertz CT molecular complexity index is 690. The summed E-state index contributed by atoms with van der Waals surface area (Å²) in [6.45, 7) is 0. The molecule has 0 fully saturated rings. The highest BCUT2D eigenvalue weighted by atomic mass is 19.1. The van der Waals surface area contributed by atoms with Crippen LogP contribution in [0.4, 0.5) is 10.1 Å². The lowest BCUT2D eigenvalue weighted by Gasteiger charge is -2.33. The minimum absolute atomic E-state index is 0.223. The van der Waals surface area contributed by atoms with E-state index in [1.807, 2.05) is 31.3 Å². The van der Waals surface area contributed by atoms with Gasteiger partial charge in [-0.2, -0.15) is 0 Å². The minimum Gasteiger partial charge on any atom is -0.364 e. The Hall–Kier alpha value is -2.13. The Balaban J connectivity index is 1.93. The summed E-state index contributed by atoms with van der Waals surface area (Å²) in [6, 6.07) is 14.4. The maximum absolute atomic E-state index is 13.5. The van der Waals surface area contributed by atoms with Crippen molar-refractivity contribution in [2.24, 2.45) is 0 Å². The third-order valence-electron chi connectivity index (χ3n) is 3.66. The fourth-order valence-corrected chi connectivity index (χ4v) is 2.55. The maximum atomic E-state index is 13.5. The topological polar surface area (TPSA) is 24.1 Å². The van der Waals surface area contributed by atoms with Crippen LogP contribution in [0, 0.1) is 0 Å². The number of halogens is 1. The van der Waals surface area contributed by atoms with Crippen LogP contribution in [-0.4, -0.2) is 12.7 Å². The van der Waals surface area contributed by atoms with Gasteiger partial charge < -0.3 is 5.32 Å². The Morgan fingerprint density at radius 2 is 1.90 bits per heavy atom. The van der Waals surface area contributed by atoms with E-state index >= 15 is 0 Å². The molecule has 0 radical (unpaired) electrons. The number of hydrogen-bond acceptors (Lipinski definition) is 2. The molecule has 0 aromatic heterocycles. The van der Waals surface area contributed by atoms with E-state index in [1.54, 1.807) is 6.08 Å². The number of allylic oxidation sites excluding steroid dienone is 2. The van der Waals surface area contributed by atoms with Crippen LogP contribution in [0.25, 0.3) is 10.8 Å². The molecular formula is C17H17FN2. The van der Waals surface area contributed by atoms with Gasteiger partial charge in [0.25, 0.3) is 0 Å². The summed E-state index contributed by atoms with van der Waals surface area (Å²) in [5, 5.41) is 8.92. The van der Waals surface area contributed by atoms with Gasteiger partial charge in [-0.1, -0.05) is 36.4 Å². The number of hydrogen-bond donors (Lipinski definition) is 2. The smallest absolute Gasteiger partial charge is 0.122 e. The van der Waals surface area contributed by atoms with Crippen molar-refractivity contribution in [3.8, 4) is 0 Å². The van der Waals surface area contributed by atoms with E-state index in [2.05, 4.69) is 34.9 Å². The molecule has 0 bridgehead atoms. The van der Waals surface area contributed by atoms with Crippen LogP contribution < -0.4 is 10.6 Å². The molecule has 1 aliphatic rings. The maximum Gasteiger partial charge on any atom is 0.122 e. The third kappa shape index (κ3) is 2.45. The molecule has 1 aliphatic carbocycles. The highest BCUT2D eigenvalue weighted by Gasteiger charge is 2.27. The van der Waals surface area contributed by atoms with Crippen molar-refractivity contribution >= 4 is 16.5 Å². The van der Waals surface area contributed by atoms with Crippen LogP contribution in [0.2, 0.25) is 0 Å². The average Bonchev–Trinajstić information content (AvgIpc) is 2.47. The summed E-state index contributed by atoms with van der Waals surface area (Å²) < 4.78 is 13.5. The Morgan fingerprint density at radius 1 is 1.10 bits per heavy atom. The molecule has 1 atom stereocenters. The summed E-state index contributed by atoms with van der Waals surface area (Å²) in [5.74, 6) is -0.223. The molecular weight excluding hydrogens is 251 g/mol. The summed E-state index contributed by atoms with van der Waals surface area (Å²) in [4.78, 5) is 0. The zero-order valence-corrected chi connectivity index (χ0v) is 11.4. The number of anilines is 1. The average molecular weight is 268 g/mol. The molecule has 0 spiro atoms. The molecule has 20 heavy (non-hydrogen) atoms. The van der Waals surface area contributed by atoms with Gasteiger partial charge in [0, 0.05) is 12.1 Å². The van der Waals surface area contributed by atoms with Crippen molar-refractivity contribution < 1.29 is 4.39 Å². The minimum atomic E-state index is -0.568. The summed E-state index contributed by atoms with van der Waals surface area (Å²) in [7, 11) is 1.83. The summed E-state index contributed by atoms with van der Waals surface area (Å²) in [5.41, 5.74) is 0.402. The molecule has 2 nitrogen and oxygen atoms in total. The van der Waals surface area contributed by atoms with Crippen molar-refractivity contribution in [3.05, 3.63) is 66.5 Å². The molecule has 2 aromatic carbocycles. The second kappa shape index (κ2) is 5.10. The largest absolute Gasteiger partial charge is 0.364 e. The molecule has 2 N–H and O–H groups in total. The van der Waals surface area contributed by atoms with E-state index in [9.17, 15) is 4.39 Å². The van der Waals surface area contributed by atoms with Crippen LogP contribution in [0.5, 0.6) is 0 Å². The van der Waals surface area contributed by atoms with Crippen molar-refractivity contribution in [1.29, 1.82) is 0 Å². The predicted molar refractivity (Wildman–Crippen MR) is 82.3 cm³/mol. The van der Waals surface area contributed by atoms with Gasteiger partial charge >= 0.3 is 0 Å². The van der Waals surface area contributed by atoms with Gasteiger partial charge in [-0.25, -0.2) is 4.39 Å². The van der Waals surface area contributed by atoms with Gasteiger partial charge in [0.1, 0.15) is 11.5 Å². The normalized spacial score (nSPS) is 21.8. The zero-order valence-electron chi connectivity index (χ0n) is 11.4. The lowest BCUT2D eigenvalue weighted by atomic mass is 9.99. The van der Waals surface area contributed by atoms with Gasteiger partial charge in [-0.3, -0.25) is 5.32 Å². The van der Waals surface area contributed by atoms with Crippen LogP contribution in [0.15, 0.2) is 66.5 Å². The van der Waals surface area contributed by atoms with Crippen molar-refractivity contribution in [2.45, 2.75) is 12.1 Å². The molecule has 3 rings (SSSR count). The van der Waals surface area contributed by atoms with Gasteiger partial charge in [0.15, 0.2) is 0 Å². The predicted octanol–water partition coefficient (Wildman–Crippen LogP) is 3.98. The molecule has 0 aliphatic heterocycles. The number of rotatable bonds is 3. The molecule has 3 heteroatoms. The standard InChI is InChI=1S/C17H17FN2/c1-19-17(10-4-7-15(18)12-17)20-16-9-8-13-5-2-3-6-14(13)11-16/h2-9,11-12,19-20H,10H2,1H3. The molecule has 0 amide bonds. The Labute approximate surface area is 118 Å². The Kier molecular flexibility index (Phi) is 3.28. The zero-order chi connectivity index (χ0) is 14.0. The highest BCUT2D eigenvalue weighted by molar-refractivity contribution is 5.85. The van der Waals surface area contributed by atoms with Crippen LogP contribution >= 0.6 is 0 Å².